The van der Waals surface area contributed by atoms with Crippen molar-refractivity contribution in [3.8, 4) is 16.9 Å². The van der Waals surface area contributed by atoms with Gasteiger partial charge in [-0.2, -0.15) is 0 Å². The first kappa shape index (κ1) is 17.3. The van der Waals surface area contributed by atoms with Crippen LogP contribution in [-0.4, -0.2) is 29.6 Å². The summed E-state index contributed by atoms with van der Waals surface area (Å²) in [4.78, 5) is 2.72. The summed E-state index contributed by atoms with van der Waals surface area (Å²) in [6.07, 6.45) is 7.72. The van der Waals surface area contributed by atoms with E-state index in [1.165, 1.54) is 67.4 Å². The molecule has 27 heavy (non-hydrogen) atoms. The van der Waals surface area contributed by atoms with Crippen molar-refractivity contribution in [1.29, 1.82) is 0 Å². The Morgan fingerprint density at radius 1 is 1.00 bits per heavy atom. The highest BCUT2D eigenvalue weighted by atomic mass is 16.5. The lowest BCUT2D eigenvalue weighted by Gasteiger charge is -2.45. The minimum Gasteiger partial charge on any atom is -0.487 e. The number of hydrogen-bond donors (Lipinski definition) is 0. The fourth-order valence-corrected chi connectivity index (χ4v) is 5.20. The maximum atomic E-state index is 6.55. The lowest BCUT2D eigenvalue weighted by molar-refractivity contribution is -0.00849. The van der Waals surface area contributed by atoms with Crippen LogP contribution in [0.4, 0.5) is 0 Å². The third-order valence-corrected chi connectivity index (χ3v) is 7.40. The summed E-state index contributed by atoms with van der Waals surface area (Å²) in [6.45, 7) is 6.97. The number of rotatable bonds is 3. The van der Waals surface area contributed by atoms with Crippen LogP contribution in [0.2, 0.25) is 0 Å². The summed E-state index contributed by atoms with van der Waals surface area (Å²) < 4.78 is 6.55. The summed E-state index contributed by atoms with van der Waals surface area (Å²) in [6, 6.07) is 16.4. The average Bonchev–Trinajstić information content (AvgIpc) is 2.98. The van der Waals surface area contributed by atoms with Crippen molar-refractivity contribution in [3.63, 3.8) is 0 Å². The van der Waals surface area contributed by atoms with E-state index in [0.29, 0.717) is 0 Å². The molecule has 1 saturated heterocycles. The number of aryl methyl sites for hydroxylation is 1. The first-order valence-electron chi connectivity index (χ1n) is 10.7. The number of likely N-dealkylation sites (tertiary alicyclic amines) is 1. The zero-order valence-corrected chi connectivity index (χ0v) is 16.7. The van der Waals surface area contributed by atoms with Gasteiger partial charge in [0.1, 0.15) is 11.4 Å². The van der Waals surface area contributed by atoms with Gasteiger partial charge in [-0.25, -0.2) is 0 Å². The van der Waals surface area contributed by atoms with Crippen molar-refractivity contribution >= 4 is 0 Å². The molecule has 0 amide bonds. The van der Waals surface area contributed by atoms with Gasteiger partial charge in [0.05, 0.1) is 0 Å². The molecule has 1 saturated carbocycles. The molecule has 5 rings (SSSR count). The zero-order chi connectivity index (χ0) is 18.4. The highest BCUT2D eigenvalue weighted by Crippen LogP contribution is 2.43. The van der Waals surface area contributed by atoms with Crippen molar-refractivity contribution in [3.05, 3.63) is 53.6 Å². The Morgan fingerprint density at radius 3 is 2.37 bits per heavy atom. The molecule has 0 aromatic heterocycles. The number of hydrogen-bond acceptors (Lipinski definition) is 2. The Labute approximate surface area is 163 Å². The minimum atomic E-state index is 0.0457. The average molecular weight is 362 g/mol. The highest BCUT2D eigenvalue weighted by Gasteiger charge is 2.43. The van der Waals surface area contributed by atoms with Crippen LogP contribution in [0.3, 0.4) is 0 Å². The lowest BCUT2D eigenvalue weighted by Crippen LogP contribution is -2.52. The molecule has 1 aliphatic carbocycles. The van der Waals surface area contributed by atoms with E-state index in [1.807, 2.05) is 0 Å². The maximum Gasteiger partial charge on any atom is 0.123 e. The topological polar surface area (TPSA) is 12.5 Å². The number of piperidine rings is 1. The fraction of sp³-hybridized carbons (Fsp3) is 0.520. The van der Waals surface area contributed by atoms with Crippen molar-refractivity contribution in [2.45, 2.75) is 64.0 Å². The monoisotopic (exact) mass is 361 g/mol. The number of benzene rings is 2. The molecule has 2 aromatic rings. The smallest absolute Gasteiger partial charge is 0.123 e. The van der Waals surface area contributed by atoms with Crippen LogP contribution >= 0.6 is 0 Å². The third-order valence-electron chi connectivity index (χ3n) is 7.40. The molecular formula is C25H31NO. The normalized spacial score (nSPS) is 22.9. The molecule has 142 valence electrons. The molecule has 0 bridgehead atoms. The molecule has 2 fully saturated rings. The molecular weight excluding hydrogens is 330 g/mol. The van der Waals surface area contributed by atoms with Gasteiger partial charge in [0.15, 0.2) is 0 Å². The van der Waals surface area contributed by atoms with E-state index in [2.05, 4.69) is 61.2 Å². The molecule has 2 nitrogen and oxygen atoms in total. The van der Waals surface area contributed by atoms with Gasteiger partial charge in [-0.05, 0) is 61.4 Å². The van der Waals surface area contributed by atoms with Gasteiger partial charge >= 0.3 is 0 Å². The number of ether oxygens (including phenoxy) is 1. The van der Waals surface area contributed by atoms with Crippen LogP contribution in [0, 0.1) is 12.8 Å². The standard InChI is InChI=1S/C25H31NO/c1-18-6-8-21(9-7-18)22-10-11-24-23(16-22)17-25(27-24)12-14-26(15-13-25)19(2)20-4-3-5-20/h6-11,16,19-20H,3-5,12-15,17H2,1-2H3. The Balaban J connectivity index is 1.28. The van der Waals surface area contributed by atoms with E-state index in [1.54, 1.807) is 0 Å². The molecule has 3 aliphatic rings. The van der Waals surface area contributed by atoms with E-state index in [0.717, 1.165) is 24.1 Å². The minimum absolute atomic E-state index is 0.0457. The molecule has 2 heterocycles. The Morgan fingerprint density at radius 2 is 1.70 bits per heavy atom. The van der Waals surface area contributed by atoms with Gasteiger partial charge < -0.3 is 9.64 Å². The summed E-state index contributed by atoms with van der Waals surface area (Å²) >= 11 is 0. The van der Waals surface area contributed by atoms with Gasteiger partial charge in [0.25, 0.3) is 0 Å². The lowest BCUT2D eigenvalue weighted by atomic mass is 9.78. The van der Waals surface area contributed by atoms with E-state index in [4.69, 9.17) is 4.74 Å². The predicted octanol–water partition coefficient (Wildman–Crippen LogP) is 5.62. The van der Waals surface area contributed by atoms with Gasteiger partial charge in [0, 0.05) is 38.4 Å². The van der Waals surface area contributed by atoms with Gasteiger partial charge in [-0.3, -0.25) is 0 Å². The van der Waals surface area contributed by atoms with Gasteiger partial charge in [-0.15, -0.1) is 0 Å². The molecule has 0 radical (unpaired) electrons. The van der Waals surface area contributed by atoms with Crippen LogP contribution in [0.5, 0.6) is 5.75 Å². The van der Waals surface area contributed by atoms with Crippen LogP contribution in [0.25, 0.3) is 11.1 Å². The quantitative estimate of drug-likeness (QED) is 0.703. The van der Waals surface area contributed by atoms with Crippen LogP contribution < -0.4 is 4.74 Å². The summed E-state index contributed by atoms with van der Waals surface area (Å²) in [5.74, 6) is 2.06. The molecule has 1 spiro atoms. The zero-order valence-electron chi connectivity index (χ0n) is 16.7. The SMILES string of the molecule is Cc1ccc(-c2ccc3c(c2)CC2(CCN(C(C)C4CCC4)CC2)O3)cc1. The van der Waals surface area contributed by atoms with Crippen LogP contribution in [-0.2, 0) is 6.42 Å². The van der Waals surface area contributed by atoms with Gasteiger partial charge in [-0.1, -0.05) is 42.3 Å². The molecule has 1 atom stereocenters. The highest BCUT2D eigenvalue weighted by molar-refractivity contribution is 5.66. The first-order valence-corrected chi connectivity index (χ1v) is 10.7. The van der Waals surface area contributed by atoms with E-state index >= 15 is 0 Å². The van der Waals surface area contributed by atoms with Gasteiger partial charge in [0.2, 0.25) is 0 Å². The van der Waals surface area contributed by atoms with E-state index < -0.39 is 0 Å². The molecule has 0 N–H and O–H groups in total. The van der Waals surface area contributed by atoms with Crippen molar-refractivity contribution < 1.29 is 4.74 Å². The summed E-state index contributed by atoms with van der Waals surface area (Å²) in [5.41, 5.74) is 5.36. The molecule has 2 aliphatic heterocycles. The molecule has 2 heteroatoms. The third kappa shape index (κ3) is 3.18. The Bertz CT molecular complexity index is 813. The Hall–Kier alpha value is -1.80. The second kappa shape index (κ2) is 6.67. The largest absolute Gasteiger partial charge is 0.487 e. The summed E-state index contributed by atoms with van der Waals surface area (Å²) in [7, 11) is 0. The number of nitrogens with zero attached hydrogens (tertiary/aromatic N) is 1. The second-order valence-corrected chi connectivity index (χ2v) is 9.12. The molecule has 1 unspecified atom stereocenters. The summed E-state index contributed by atoms with van der Waals surface area (Å²) in [5, 5.41) is 0. The first-order chi connectivity index (χ1) is 13.1. The van der Waals surface area contributed by atoms with Crippen molar-refractivity contribution in [1.82, 2.24) is 4.90 Å². The Kier molecular flexibility index (Phi) is 4.27. The number of fused-ring (bicyclic) bond motifs is 1. The van der Waals surface area contributed by atoms with E-state index in [-0.39, 0.29) is 5.60 Å². The van der Waals surface area contributed by atoms with Crippen LogP contribution in [0.15, 0.2) is 42.5 Å². The molecule has 2 aromatic carbocycles. The predicted molar refractivity (Wildman–Crippen MR) is 111 cm³/mol. The maximum absolute atomic E-state index is 6.55. The van der Waals surface area contributed by atoms with E-state index in [9.17, 15) is 0 Å². The van der Waals surface area contributed by atoms with Crippen LogP contribution in [0.1, 0.15) is 50.2 Å². The fourth-order valence-electron chi connectivity index (χ4n) is 5.20. The van der Waals surface area contributed by atoms with Crippen molar-refractivity contribution in [2.75, 3.05) is 13.1 Å². The van der Waals surface area contributed by atoms with Crippen molar-refractivity contribution in [2.24, 2.45) is 5.92 Å². The second-order valence-electron chi connectivity index (χ2n) is 9.12.